The Morgan fingerprint density at radius 3 is 2.83 bits per heavy atom. The Morgan fingerprint density at radius 2 is 2.42 bits per heavy atom. The molecule has 0 fully saturated rings. The van der Waals surface area contributed by atoms with E-state index < -0.39 is 0 Å². The van der Waals surface area contributed by atoms with Crippen LogP contribution in [0.2, 0.25) is 0 Å². The summed E-state index contributed by atoms with van der Waals surface area (Å²) in [5, 5.41) is 12.5. The molecule has 0 aliphatic heterocycles. The molecule has 12 heavy (non-hydrogen) atoms. The fourth-order valence-corrected chi connectivity index (χ4v) is 1.29. The number of hydrogen-bond donors (Lipinski definition) is 1. The van der Waals surface area contributed by atoms with Gasteiger partial charge >= 0.3 is 0 Å². The number of rotatable bonds is 2. The van der Waals surface area contributed by atoms with Crippen LogP contribution in [0.5, 0.6) is 0 Å². The van der Waals surface area contributed by atoms with Crippen LogP contribution in [0.15, 0.2) is 0 Å². The molecule has 0 amide bonds. The van der Waals surface area contributed by atoms with E-state index in [1.165, 1.54) is 0 Å². The van der Waals surface area contributed by atoms with Crippen LogP contribution in [-0.2, 0) is 6.54 Å². The molecule has 0 saturated heterocycles. The van der Waals surface area contributed by atoms with Crippen molar-refractivity contribution in [2.75, 3.05) is 5.73 Å². The maximum absolute atomic E-state index is 8.36. The van der Waals surface area contributed by atoms with Crippen LogP contribution in [0.1, 0.15) is 12.1 Å². The van der Waals surface area contributed by atoms with Gasteiger partial charge in [0.2, 0.25) is 0 Å². The Kier molecular flexibility index (Phi) is 2.92. The first kappa shape index (κ1) is 9.32. The van der Waals surface area contributed by atoms with Crippen molar-refractivity contribution >= 4 is 28.4 Å². The molecule has 5 heteroatoms. The molecule has 0 unspecified atom stereocenters. The quantitative estimate of drug-likeness (QED) is 0.828. The third kappa shape index (κ3) is 1.69. The third-order valence-electron chi connectivity index (χ3n) is 1.53. The zero-order chi connectivity index (χ0) is 9.14. The van der Waals surface area contributed by atoms with E-state index in [-0.39, 0.29) is 0 Å². The maximum Gasteiger partial charge on any atom is 0.135 e. The summed E-state index contributed by atoms with van der Waals surface area (Å²) < 4.78 is 2.64. The molecule has 0 radical (unpaired) electrons. The number of aryl methyl sites for hydroxylation is 2. The van der Waals surface area contributed by atoms with Crippen molar-refractivity contribution in [3.05, 3.63) is 9.26 Å². The Hall–Kier alpha value is -0.770. The molecule has 64 valence electrons. The highest BCUT2D eigenvalue weighted by molar-refractivity contribution is 14.1. The summed E-state index contributed by atoms with van der Waals surface area (Å²) >= 11 is 2.15. The van der Waals surface area contributed by atoms with E-state index in [9.17, 15) is 0 Å². The summed E-state index contributed by atoms with van der Waals surface area (Å²) in [7, 11) is 0. The number of hydrogen-bond acceptors (Lipinski definition) is 3. The van der Waals surface area contributed by atoms with Gasteiger partial charge in [0.15, 0.2) is 0 Å². The molecule has 0 atom stereocenters. The maximum atomic E-state index is 8.36. The smallest absolute Gasteiger partial charge is 0.135 e. The minimum absolute atomic E-state index is 0.446. The van der Waals surface area contributed by atoms with Crippen LogP contribution in [0.3, 0.4) is 0 Å². The molecule has 0 aliphatic carbocycles. The Morgan fingerprint density at radius 1 is 1.75 bits per heavy atom. The molecule has 1 rings (SSSR count). The van der Waals surface area contributed by atoms with Gasteiger partial charge in [-0.1, -0.05) is 0 Å². The number of nitrogens with zero attached hydrogens (tertiary/aromatic N) is 3. The first-order valence-electron chi connectivity index (χ1n) is 3.52. The zero-order valence-electron chi connectivity index (χ0n) is 6.71. The van der Waals surface area contributed by atoms with Gasteiger partial charge in [0.05, 0.1) is 28.3 Å². The van der Waals surface area contributed by atoms with Gasteiger partial charge < -0.3 is 5.73 Å². The molecule has 1 heterocycles. The second kappa shape index (κ2) is 3.76. The van der Waals surface area contributed by atoms with Gasteiger partial charge in [0.1, 0.15) is 5.82 Å². The molecule has 1 aromatic heterocycles. The van der Waals surface area contributed by atoms with Gasteiger partial charge in [-0.3, -0.25) is 0 Å². The molecule has 0 bridgehead atoms. The summed E-state index contributed by atoms with van der Waals surface area (Å²) in [6.45, 7) is 2.48. The van der Waals surface area contributed by atoms with Crippen molar-refractivity contribution in [1.82, 2.24) is 9.78 Å². The lowest BCUT2D eigenvalue weighted by Crippen LogP contribution is -2.04. The average Bonchev–Trinajstić information content (AvgIpc) is 2.30. The van der Waals surface area contributed by atoms with Gasteiger partial charge in [-0.15, -0.1) is 0 Å². The predicted molar refractivity (Wildman–Crippen MR) is 54.3 cm³/mol. The van der Waals surface area contributed by atoms with E-state index in [0.717, 1.165) is 9.26 Å². The molecule has 4 nitrogen and oxygen atoms in total. The summed E-state index contributed by atoms with van der Waals surface area (Å²) in [6.07, 6.45) is 0.446. The van der Waals surface area contributed by atoms with Crippen molar-refractivity contribution in [2.24, 2.45) is 0 Å². The lowest BCUT2D eigenvalue weighted by Gasteiger charge is -1.98. The highest BCUT2D eigenvalue weighted by atomic mass is 127. The fourth-order valence-electron chi connectivity index (χ4n) is 0.904. The van der Waals surface area contributed by atoms with Crippen LogP contribution in [0.4, 0.5) is 5.82 Å². The Labute approximate surface area is 84.5 Å². The van der Waals surface area contributed by atoms with E-state index >= 15 is 0 Å². The van der Waals surface area contributed by atoms with Crippen LogP contribution in [0.25, 0.3) is 0 Å². The van der Waals surface area contributed by atoms with E-state index in [4.69, 9.17) is 11.0 Å². The second-order valence-corrected chi connectivity index (χ2v) is 3.49. The summed E-state index contributed by atoms with van der Waals surface area (Å²) in [6, 6.07) is 2.05. The minimum atomic E-state index is 0.446. The number of halogens is 1. The normalized spacial score (nSPS) is 9.75. The van der Waals surface area contributed by atoms with Gasteiger partial charge in [0.25, 0.3) is 0 Å². The first-order chi connectivity index (χ1) is 5.66. The van der Waals surface area contributed by atoms with E-state index in [1.807, 2.05) is 6.92 Å². The molecular formula is C7H9IN4. The van der Waals surface area contributed by atoms with Gasteiger partial charge in [-0.25, -0.2) is 4.68 Å². The van der Waals surface area contributed by atoms with Crippen molar-refractivity contribution in [2.45, 2.75) is 19.9 Å². The highest BCUT2D eigenvalue weighted by Crippen LogP contribution is 2.18. The molecule has 0 aliphatic rings. The Balaban J connectivity index is 2.87. The molecular weight excluding hydrogens is 267 g/mol. The van der Waals surface area contributed by atoms with Gasteiger partial charge in [-0.05, 0) is 29.5 Å². The minimum Gasteiger partial charge on any atom is -0.383 e. The summed E-state index contributed by atoms with van der Waals surface area (Å²) in [5.74, 6) is 0.656. The van der Waals surface area contributed by atoms with Crippen molar-refractivity contribution in [3.63, 3.8) is 0 Å². The molecule has 0 aromatic carbocycles. The zero-order valence-corrected chi connectivity index (χ0v) is 8.87. The number of nitriles is 1. The molecule has 1 aromatic rings. The van der Waals surface area contributed by atoms with Gasteiger partial charge in [0, 0.05) is 0 Å². The predicted octanol–water partition coefficient (Wildman–Crippen LogP) is 1.29. The molecule has 0 saturated carbocycles. The van der Waals surface area contributed by atoms with Crippen LogP contribution in [-0.4, -0.2) is 9.78 Å². The fraction of sp³-hybridized carbons (Fsp3) is 0.429. The van der Waals surface area contributed by atoms with Crippen LogP contribution < -0.4 is 5.73 Å². The largest absolute Gasteiger partial charge is 0.383 e. The van der Waals surface area contributed by atoms with E-state index in [2.05, 4.69) is 33.8 Å². The Bertz CT molecular complexity index is 323. The SMILES string of the molecule is Cc1nn(CCC#N)c(N)c1I. The number of anilines is 1. The van der Waals surface area contributed by atoms with Crippen molar-refractivity contribution in [3.8, 4) is 6.07 Å². The first-order valence-corrected chi connectivity index (χ1v) is 4.60. The van der Waals surface area contributed by atoms with Crippen LogP contribution >= 0.6 is 22.6 Å². The van der Waals surface area contributed by atoms with Gasteiger partial charge in [-0.2, -0.15) is 10.4 Å². The molecule has 0 spiro atoms. The van der Waals surface area contributed by atoms with E-state index in [1.54, 1.807) is 4.68 Å². The lowest BCUT2D eigenvalue weighted by atomic mass is 10.4. The lowest BCUT2D eigenvalue weighted by molar-refractivity contribution is 0.631. The summed E-state index contributed by atoms with van der Waals surface area (Å²) in [5.41, 5.74) is 6.65. The number of nitrogens with two attached hydrogens (primary N) is 1. The average molecular weight is 276 g/mol. The monoisotopic (exact) mass is 276 g/mol. The van der Waals surface area contributed by atoms with Crippen LogP contribution in [0, 0.1) is 21.8 Å². The second-order valence-electron chi connectivity index (χ2n) is 2.42. The summed E-state index contributed by atoms with van der Waals surface area (Å²) in [4.78, 5) is 0. The highest BCUT2D eigenvalue weighted by Gasteiger charge is 2.08. The van der Waals surface area contributed by atoms with E-state index in [0.29, 0.717) is 18.8 Å². The standard InChI is InChI=1S/C7H9IN4/c1-5-6(8)7(10)12(11-5)4-2-3-9/h2,4,10H2,1H3. The number of aromatic nitrogens is 2. The molecule has 2 N–H and O–H groups in total. The third-order valence-corrected chi connectivity index (χ3v) is 2.86. The number of nitrogen functional groups attached to an aromatic ring is 1. The van der Waals surface area contributed by atoms with Crippen molar-refractivity contribution in [1.29, 1.82) is 5.26 Å². The van der Waals surface area contributed by atoms with Crippen molar-refractivity contribution < 1.29 is 0 Å². The topological polar surface area (TPSA) is 67.6 Å².